The number of nitrogens with zero attached hydrogens (tertiary/aromatic N) is 1. The molecule has 3 aromatic rings. The summed E-state index contributed by atoms with van der Waals surface area (Å²) in [4.78, 5) is 16.0. The Morgan fingerprint density at radius 3 is 2.31 bits per heavy atom. The van der Waals surface area contributed by atoms with Gasteiger partial charge in [-0.25, -0.2) is 0 Å². The Morgan fingerprint density at radius 1 is 1.09 bits per heavy atom. The van der Waals surface area contributed by atoms with E-state index in [-0.39, 0.29) is 0 Å². The molecule has 1 atom stereocenters. The Balaban J connectivity index is 0.000000327. The van der Waals surface area contributed by atoms with Gasteiger partial charge in [0.25, 0.3) is 0 Å². The minimum atomic E-state index is -2.19. The second-order valence-corrected chi connectivity index (χ2v) is 11.6. The number of hydrogen-bond donors (Lipinski definition) is 3. The van der Waals surface area contributed by atoms with Crippen molar-refractivity contribution in [3.8, 4) is 0 Å². The highest BCUT2D eigenvalue weighted by Crippen LogP contribution is 2.29. The number of amides is 1. The number of thiol groups is 1. The molecule has 0 fully saturated rings. The third-order valence-corrected chi connectivity index (χ3v) is 8.93. The molecule has 0 bridgehead atoms. The fraction of sp³-hybridized carbons (Fsp3) is 0.296. The molecule has 0 aliphatic carbocycles. The minimum absolute atomic E-state index is 0.582. The molecular formula is C27H37N3O2S3. The molecule has 3 aromatic carbocycles. The van der Waals surface area contributed by atoms with Crippen LogP contribution in [-0.4, -0.2) is 47.0 Å². The standard InChI is InChI=1S/C13H13NOS.C12H18N2OS2.C2H6/c1-8-9(2)13(16)5-10-3-4-11(14-7-15)6-12(8)10;1-14-11-3-5-12(6-4-11)17(2,15)10-9-16-8-7-13;1-2/h3-7,16H,1-2H3,(H,14,15);3-6H,1-2,7-10,13H2;1-2H3. The monoisotopic (exact) mass is 531 g/mol. The number of nitrogens with two attached hydrogens (primary N) is 1. The lowest BCUT2D eigenvalue weighted by Crippen LogP contribution is -2.10. The Hall–Kier alpha value is -2.26. The summed E-state index contributed by atoms with van der Waals surface area (Å²) in [5, 5.41) is 4.96. The molecule has 8 heteroatoms. The van der Waals surface area contributed by atoms with Gasteiger partial charge in [0.1, 0.15) is 0 Å². The van der Waals surface area contributed by atoms with Gasteiger partial charge in [0.15, 0.2) is 0 Å². The number of anilines is 1. The van der Waals surface area contributed by atoms with Gasteiger partial charge in [0.05, 0.1) is 5.69 Å². The molecule has 0 radical (unpaired) electrons. The molecule has 35 heavy (non-hydrogen) atoms. The Bertz CT molecular complexity index is 1210. The van der Waals surface area contributed by atoms with Gasteiger partial charge >= 0.3 is 0 Å². The lowest BCUT2D eigenvalue weighted by molar-refractivity contribution is -0.105. The van der Waals surface area contributed by atoms with Crippen LogP contribution in [0.15, 0.2) is 63.3 Å². The number of carbonyl (C=O) groups excluding carboxylic acids is 1. The highest BCUT2D eigenvalue weighted by molar-refractivity contribution is 8.03. The molecule has 0 saturated carbocycles. The fourth-order valence-corrected chi connectivity index (χ4v) is 6.20. The third-order valence-electron chi connectivity index (χ3n) is 5.19. The van der Waals surface area contributed by atoms with Gasteiger partial charge in [0, 0.05) is 39.3 Å². The van der Waals surface area contributed by atoms with E-state index in [9.17, 15) is 9.00 Å². The maximum absolute atomic E-state index is 12.3. The molecule has 0 aliphatic rings. The van der Waals surface area contributed by atoms with Crippen molar-refractivity contribution < 1.29 is 9.00 Å². The topological polar surface area (TPSA) is 84.6 Å². The summed E-state index contributed by atoms with van der Waals surface area (Å²) in [7, 11) is -2.19. The largest absolute Gasteiger partial charge is 0.330 e. The lowest BCUT2D eigenvalue weighted by atomic mass is 10.0. The van der Waals surface area contributed by atoms with Crippen molar-refractivity contribution in [2.24, 2.45) is 10.7 Å². The quantitative estimate of drug-likeness (QED) is 0.102. The van der Waals surface area contributed by atoms with E-state index in [2.05, 4.69) is 49.4 Å². The summed E-state index contributed by atoms with van der Waals surface area (Å²) < 4.78 is 12.3. The number of thioether (sulfide) groups is 1. The number of benzene rings is 3. The molecule has 0 heterocycles. The average molecular weight is 532 g/mol. The van der Waals surface area contributed by atoms with Crippen LogP contribution in [-0.2, 0) is 14.3 Å². The zero-order valence-corrected chi connectivity index (χ0v) is 23.6. The SMILES string of the molecule is C=Nc1ccc(S(=C)(=O)CCSCCN)cc1.CC.Cc1c(S)cc2ccc(NC=O)cc2c1C. The van der Waals surface area contributed by atoms with Gasteiger partial charge in [-0.15, -0.1) is 12.6 Å². The van der Waals surface area contributed by atoms with E-state index in [0.29, 0.717) is 18.7 Å². The molecule has 3 N–H and O–H groups in total. The smallest absolute Gasteiger partial charge is 0.211 e. The van der Waals surface area contributed by atoms with E-state index in [1.165, 1.54) is 11.1 Å². The zero-order valence-electron chi connectivity index (χ0n) is 21.0. The highest BCUT2D eigenvalue weighted by atomic mass is 32.2. The zero-order chi connectivity index (χ0) is 26.4. The van der Waals surface area contributed by atoms with Gasteiger partial charge in [-0.3, -0.25) is 14.0 Å². The van der Waals surface area contributed by atoms with Crippen LogP contribution in [0, 0.1) is 13.8 Å². The van der Waals surface area contributed by atoms with Gasteiger partial charge in [-0.05, 0) is 100 Å². The summed E-state index contributed by atoms with van der Waals surface area (Å²) in [6.07, 6.45) is 0.691. The molecule has 0 aliphatic heterocycles. The maximum Gasteiger partial charge on any atom is 0.211 e. The van der Waals surface area contributed by atoms with Crippen molar-refractivity contribution in [3.05, 3.63) is 59.7 Å². The number of fused-ring (bicyclic) bond motifs is 1. The van der Waals surface area contributed by atoms with Crippen molar-refractivity contribution in [1.29, 1.82) is 0 Å². The number of rotatable bonds is 9. The molecule has 5 nitrogen and oxygen atoms in total. The molecule has 1 amide bonds. The summed E-state index contributed by atoms with van der Waals surface area (Å²) in [5.41, 5.74) is 9.38. The first-order valence-corrected chi connectivity index (χ1v) is 14.9. The molecule has 1 unspecified atom stereocenters. The third kappa shape index (κ3) is 9.37. The van der Waals surface area contributed by atoms with Crippen LogP contribution in [0.25, 0.3) is 10.8 Å². The van der Waals surface area contributed by atoms with Gasteiger partial charge in [-0.2, -0.15) is 11.8 Å². The van der Waals surface area contributed by atoms with Crippen LogP contribution in [0.4, 0.5) is 11.4 Å². The van der Waals surface area contributed by atoms with E-state index in [4.69, 9.17) is 5.73 Å². The summed E-state index contributed by atoms with van der Waals surface area (Å²) in [6, 6.07) is 15.1. The van der Waals surface area contributed by atoms with Gasteiger partial charge in [-0.1, -0.05) is 19.9 Å². The van der Waals surface area contributed by atoms with Crippen molar-refractivity contribution in [2.75, 3.05) is 29.1 Å². The molecular weight excluding hydrogens is 495 g/mol. The molecule has 3 rings (SSSR count). The Morgan fingerprint density at radius 2 is 1.74 bits per heavy atom. The molecule has 0 spiro atoms. The molecule has 0 saturated heterocycles. The summed E-state index contributed by atoms with van der Waals surface area (Å²) >= 11 is 6.15. The van der Waals surface area contributed by atoms with E-state index in [0.717, 1.165) is 43.4 Å². The Labute approximate surface area is 220 Å². The van der Waals surface area contributed by atoms with Crippen LogP contribution < -0.4 is 11.1 Å². The normalized spacial score (nSPS) is 11.8. The van der Waals surface area contributed by atoms with Crippen molar-refractivity contribution in [3.63, 3.8) is 0 Å². The van der Waals surface area contributed by atoms with Gasteiger partial charge < -0.3 is 11.1 Å². The first kappa shape index (κ1) is 30.8. The predicted molar refractivity (Wildman–Crippen MR) is 162 cm³/mol. The molecule has 190 valence electrons. The second kappa shape index (κ2) is 15.7. The minimum Gasteiger partial charge on any atom is -0.330 e. The van der Waals surface area contributed by atoms with Gasteiger partial charge in [0.2, 0.25) is 6.41 Å². The van der Waals surface area contributed by atoms with Crippen LogP contribution in [0.3, 0.4) is 0 Å². The van der Waals surface area contributed by atoms with Crippen molar-refractivity contribution in [2.45, 2.75) is 37.5 Å². The van der Waals surface area contributed by atoms with Crippen LogP contribution in [0.5, 0.6) is 0 Å². The predicted octanol–water partition coefficient (Wildman–Crippen LogP) is 6.13. The number of carbonyl (C=O) groups is 1. The lowest BCUT2D eigenvalue weighted by Gasteiger charge is -2.10. The average Bonchev–Trinajstić information content (AvgIpc) is 2.87. The number of nitrogens with one attached hydrogen (secondary N) is 1. The van der Waals surface area contributed by atoms with Crippen LogP contribution in [0.2, 0.25) is 0 Å². The van der Waals surface area contributed by atoms with Crippen LogP contribution in [0.1, 0.15) is 25.0 Å². The van der Waals surface area contributed by atoms with E-state index in [1.807, 2.05) is 50.2 Å². The first-order chi connectivity index (χ1) is 16.7. The summed E-state index contributed by atoms with van der Waals surface area (Å²) in [6.45, 7) is 12.2. The van der Waals surface area contributed by atoms with E-state index in [1.54, 1.807) is 23.9 Å². The number of aliphatic imine (C=N–C) groups is 1. The summed E-state index contributed by atoms with van der Waals surface area (Å²) in [5.74, 6) is 6.13. The second-order valence-electron chi connectivity index (χ2n) is 7.41. The first-order valence-electron chi connectivity index (χ1n) is 11.4. The van der Waals surface area contributed by atoms with Crippen molar-refractivity contribution in [1.82, 2.24) is 0 Å². The number of aryl methyl sites for hydroxylation is 1. The van der Waals surface area contributed by atoms with E-state index >= 15 is 0 Å². The number of hydrogen-bond acceptors (Lipinski definition) is 6. The maximum atomic E-state index is 12.3. The van der Waals surface area contributed by atoms with E-state index < -0.39 is 9.52 Å². The Kier molecular flexibility index (Phi) is 13.8. The fourth-order valence-electron chi connectivity index (χ4n) is 3.11. The van der Waals surface area contributed by atoms with Crippen molar-refractivity contribution >= 4 is 75.1 Å². The highest BCUT2D eigenvalue weighted by Gasteiger charge is 2.07. The van der Waals surface area contributed by atoms with Crippen LogP contribution >= 0.6 is 24.4 Å². The molecule has 0 aromatic heterocycles.